The summed E-state index contributed by atoms with van der Waals surface area (Å²) in [5.74, 6) is 1.20. The van der Waals surface area contributed by atoms with Gasteiger partial charge in [-0.1, -0.05) is 13.8 Å². The summed E-state index contributed by atoms with van der Waals surface area (Å²) in [6, 6.07) is 4.02. The maximum atomic E-state index is 4.48. The molecule has 0 aliphatic rings. The van der Waals surface area contributed by atoms with Crippen molar-refractivity contribution in [2.45, 2.75) is 19.8 Å². The Hall–Kier alpha value is -2.23. The molecule has 0 radical (unpaired) electrons. The fourth-order valence-corrected chi connectivity index (χ4v) is 2.13. The standard InChI is InChI=1S/C15H16N4/c1-10(2)11-8-17-14(18-9-11)12-4-6-16-15-13(12)5-7-19(15)3/h4-10H,1-3H3. The Balaban J connectivity index is 2.13. The third kappa shape index (κ3) is 1.99. The number of pyridine rings is 1. The van der Waals surface area contributed by atoms with Crippen LogP contribution in [-0.4, -0.2) is 19.5 Å². The van der Waals surface area contributed by atoms with Gasteiger partial charge in [-0.05, 0) is 23.6 Å². The van der Waals surface area contributed by atoms with Crippen LogP contribution < -0.4 is 0 Å². The summed E-state index contributed by atoms with van der Waals surface area (Å²) in [6.45, 7) is 4.28. The van der Waals surface area contributed by atoms with Crippen molar-refractivity contribution in [3.05, 3.63) is 42.5 Å². The Kier molecular flexibility index (Phi) is 2.78. The van der Waals surface area contributed by atoms with Crippen molar-refractivity contribution in [3.63, 3.8) is 0 Å². The molecular weight excluding hydrogens is 236 g/mol. The molecular formula is C15H16N4. The minimum absolute atomic E-state index is 0.447. The van der Waals surface area contributed by atoms with Crippen molar-refractivity contribution in [1.29, 1.82) is 0 Å². The Morgan fingerprint density at radius 1 is 1.05 bits per heavy atom. The summed E-state index contributed by atoms with van der Waals surface area (Å²) >= 11 is 0. The molecule has 19 heavy (non-hydrogen) atoms. The number of aromatic nitrogens is 4. The highest BCUT2D eigenvalue weighted by molar-refractivity contribution is 5.91. The van der Waals surface area contributed by atoms with E-state index in [1.165, 1.54) is 0 Å². The smallest absolute Gasteiger partial charge is 0.159 e. The molecule has 0 spiro atoms. The van der Waals surface area contributed by atoms with Crippen LogP contribution in [0.5, 0.6) is 0 Å². The third-order valence-corrected chi connectivity index (χ3v) is 3.35. The van der Waals surface area contributed by atoms with Gasteiger partial charge >= 0.3 is 0 Å². The van der Waals surface area contributed by atoms with Crippen molar-refractivity contribution in [1.82, 2.24) is 19.5 Å². The molecule has 0 N–H and O–H groups in total. The fraction of sp³-hybridized carbons (Fsp3) is 0.267. The van der Waals surface area contributed by atoms with E-state index >= 15 is 0 Å². The van der Waals surface area contributed by atoms with E-state index in [0.717, 1.165) is 28.0 Å². The summed E-state index contributed by atoms with van der Waals surface area (Å²) in [4.78, 5) is 13.3. The van der Waals surface area contributed by atoms with Gasteiger partial charge in [-0.15, -0.1) is 0 Å². The summed E-state index contributed by atoms with van der Waals surface area (Å²) < 4.78 is 2.00. The molecule has 0 aliphatic carbocycles. The van der Waals surface area contributed by atoms with Crippen LogP contribution >= 0.6 is 0 Å². The molecule has 3 rings (SSSR count). The van der Waals surface area contributed by atoms with Crippen LogP contribution in [0, 0.1) is 0 Å². The second kappa shape index (κ2) is 4.46. The lowest BCUT2D eigenvalue weighted by Crippen LogP contribution is -1.95. The quantitative estimate of drug-likeness (QED) is 0.703. The van der Waals surface area contributed by atoms with Crippen LogP contribution in [0.15, 0.2) is 36.9 Å². The highest BCUT2D eigenvalue weighted by Gasteiger charge is 2.09. The number of nitrogens with zero attached hydrogens (tertiary/aromatic N) is 4. The first kappa shape index (κ1) is 11.8. The van der Waals surface area contributed by atoms with Gasteiger partial charge in [0, 0.05) is 42.8 Å². The van der Waals surface area contributed by atoms with Crippen LogP contribution in [0.4, 0.5) is 0 Å². The van der Waals surface area contributed by atoms with Crippen LogP contribution in [-0.2, 0) is 7.05 Å². The van der Waals surface area contributed by atoms with Gasteiger partial charge in [-0.2, -0.15) is 0 Å². The van der Waals surface area contributed by atoms with Gasteiger partial charge in [0.25, 0.3) is 0 Å². The van der Waals surface area contributed by atoms with Crippen molar-refractivity contribution < 1.29 is 0 Å². The molecule has 0 bridgehead atoms. The van der Waals surface area contributed by atoms with Gasteiger partial charge in [-0.25, -0.2) is 15.0 Å². The molecule has 0 fully saturated rings. The lowest BCUT2D eigenvalue weighted by Gasteiger charge is -2.06. The molecule has 3 aromatic rings. The number of rotatable bonds is 2. The molecule has 0 saturated carbocycles. The minimum Gasteiger partial charge on any atom is -0.336 e. The summed E-state index contributed by atoms with van der Waals surface area (Å²) in [7, 11) is 1.99. The average Bonchev–Trinajstić information content (AvgIpc) is 2.81. The SMILES string of the molecule is CC(C)c1cnc(-c2ccnc3c2ccn3C)nc1. The van der Waals surface area contributed by atoms with E-state index < -0.39 is 0 Å². The third-order valence-electron chi connectivity index (χ3n) is 3.35. The molecule has 0 aromatic carbocycles. The van der Waals surface area contributed by atoms with E-state index in [0.29, 0.717) is 5.92 Å². The first-order valence-corrected chi connectivity index (χ1v) is 6.39. The summed E-state index contributed by atoms with van der Waals surface area (Å²) in [5.41, 5.74) is 3.14. The second-order valence-corrected chi connectivity index (χ2v) is 5.02. The van der Waals surface area contributed by atoms with E-state index in [1.54, 1.807) is 6.20 Å². The van der Waals surface area contributed by atoms with Gasteiger partial charge < -0.3 is 4.57 Å². The maximum absolute atomic E-state index is 4.48. The topological polar surface area (TPSA) is 43.6 Å². The molecule has 3 aromatic heterocycles. The van der Waals surface area contributed by atoms with Gasteiger partial charge in [0.1, 0.15) is 5.65 Å². The Labute approximate surface area is 112 Å². The maximum Gasteiger partial charge on any atom is 0.159 e. The van der Waals surface area contributed by atoms with Gasteiger partial charge in [-0.3, -0.25) is 0 Å². The first-order chi connectivity index (χ1) is 9.16. The van der Waals surface area contributed by atoms with Crippen LogP contribution in [0.25, 0.3) is 22.4 Å². The zero-order valence-corrected chi connectivity index (χ0v) is 11.3. The predicted molar refractivity (Wildman–Crippen MR) is 75.8 cm³/mol. The normalized spacial score (nSPS) is 11.4. The molecule has 4 heteroatoms. The Morgan fingerprint density at radius 2 is 1.79 bits per heavy atom. The molecule has 4 nitrogen and oxygen atoms in total. The number of hydrogen-bond acceptors (Lipinski definition) is 3. The minimum atomic E-state index is 0.447. The zero-order valence-electron chi connectivity index (χ0n) is 11.3. The second-order valence-electron chi connectivity index (χ2n) is 5.02. The van der Waals surface area contributed by atoms with Gasteiger partial charge in [0.2, 0.25) is 0 Å². The van der Waals surface area contributed by atoms with Crippen LogP contribution in [0.2, 0.25) is 0 Å². The highest BCUT2D eigenvalue weighted by Crippen LogP contribution is 2.25. The molecule has 3 heterocycles. The van der Waals surface area contributed by atoms with Gasteiger partial charge in [0.15, 0.2) is 5.82 Å². The lowest BCUT2D eigenvalue weighted by atomic mass is 10.1. The van der Waals surface area contributed by atoms with Crippen LogP contribution in [0.3, 0.4) is 0 Å². The van der Waals surface area contributed by atoms with Gasteiger partial charge in [0.05, 0.1) is 0 Å². The Bertz CT molecular complexity index is 711. The number of hydrogen-bond donors (Lipinski definition) is 0. The Morgan fingerprint density at radius 3 is 2.47 bits per heavy atom. The highest BCUT2D eigenvalue weighted by atomic mass is 15.0. The largest absolute Gasteiger partial charge is 0.336 e. The molecule has 0 saturated heterocycles. The van der Waals surface area contributed by atoms with Crippen molar-refractivity contribution in [3.8, 4) is 11.4 Å². The molecule has 0 amide bonds. The summed E-state index contributed by atoms with van der Waals surface area (Å²) in [5, 5.41) is 1.09. The number of fused-ring (bicyclic) bond motifs is 1. The van der Waals surface area contributed by atoms with Crippen molar-refractivity contribution >= 4 is 11.0 Å². The molecule has 0 unspecified atom stereocenters. The van der Waals surface area contributed by atoms with E-state index in [-0.39, 0.29) is 0 Å². The lowest BCUT2D eigenvalue weighted by molar-refractivity contribution is 0.847. The van der Waals surface area contributed by atoms with Crippen LogP contribution in [0.1, 0.15) is 25.3 Å². The first-order valence-electron chi connectivity index (χ1n) is 6.39. The van der Waals surface area contributed by atoms with E-state index in [9.17, 15) is 0 Å². The zero-order chi connectivity index (χ0) is 13.4. The predicted octanol–water partition coefficient (Wildman–Crippen LogP) is 3.15. The van der Waals surface area contributed by atoms with E-state index in [2.05, 4.69) is 34.9 Å². The summed E-state index contributed by atoms with van der Waals surface area (Å²) in [6.07, 6.45) is 7.62. The molecule has 96 valence electrons. The van der Waals surface area contributed by atoms with E-state index in [4.69, 9.17) is 0 Å². The molecule has 0 atom stereocenters. The number of aryl methyl sites for hydroxylation is 1. The average molecular weight is 252 g/mol. The van der Waals surface area contributed by atoms with E-state index in [1.807, 2.05) is 36.3 Å². The van der Waals surface area contributed by atoms with Crippen molar-refractivity contribution in [2.75, 3.05) is 0 Å². The molecule has 0 aliphatic heterocycles. The monoisotopic (exact) mass is 252 g/mol. The van der Waals surface area contributed by atoms with Crippen molar-refractivity contribution in [2.24, 2.45) is 7.05 Å². The fourth-order valence-electron chi connectivity index (χ4n) is 2.13.